The second kappa shape index (κ2) is 7.23. The Hall–Kier alpha value is -3.79. The lowest BCUT2D eigenvalue weighted by molar-refractivity contribution is 0.550. The fourth-order valence-electron chi connectivity index (χ4n) is 3.18. The molecule has 0 N–H and O–H groups in total. The Morgan fingerprint density at radius 3 is 2.33 bits per heavy atom. The monoisotopic (exact) mass is 424 g/mol. The molecular weight excluding hydrogens is 408 g/mol. The zero-order chi connectivity index (χ0) is 21.5. The lowest BCUT2D eigenvalue weighted by atomic mass is 10.3. The molecule has 0 spiro atoms. The van der Waals surface area contributed by atoms with Crippen LogP contribution >= 0.6 is 0 Å². The Morgan fingerprint density at radius 2 is 1.63 bits per heavy atom. The van der Waals surface area contributed by atoms with Crippen molar-refractivity contribution in [2.75, 3.05) is 6.26 Å². The van der Waals surface area contributed by atoms with Crippen LogP contribution in [0.25, 0.3) is 16.7 Å². The number of fused-ring (bicyclic) bond motifs is 1. The summed E-state index contributed by atoms with van der Waals surface area (Å²) in [6.07, 6.45) is 5.38. The molecular formula is C20H16N4O5S. The molecule has 152 valence electrons. The van der Waals surface area contributed by atoms with Gasteiger partial charge in [0.25, 0.3) is 5.56 Å². The number of aromatic nitrogens is 4. The third-order valence-corrected chi connectivity index (χ3v) is 5.71. The predicted molar refractivity (Wildman–Crippen MR) is 111 cm³/mol. The molecule has 0 fully saturated rings. The van der Waals surface area contributed by atoms with E-state index in [1.54, 1.807) is 18.2 Å². The highest BCUT2D eigenvalue weighted by molar-refractivity contribution is 7.90. The van der Waals surface area contributed by atoms with Gasteiger partial charge in [-0.3, -0.25) is 9.59 Å². The summed E-state index contributed by atoms with van der Waals surface area (Å²) >= 11 is 0. The number of benzene rings is 1. The summed E-state index contributed by atoms with van der Waals surface area (Å²) in [7, 11) is -3.67. The molecule has 4 aromatic rings. The van der Waals surface area contributed by atoms with Gasteiger partial charge in [-0.1, -0.05) is 12.1 Å². The van der Waals surface area contributed by atoms with Crippen LogP contribution in [-0.4, -0.2) is 33.4 Å². The zero-order valence-corrected chi connectivity index (χ0v) is 16.6. The zero-order valence-electron chi connectivity index (χ0n) is 15.8. The molecule has 0 bridgehead atoms. The number of sulfone groups is 1. The molecule has 0 atom stereocenters. The Kier molecular flexibility index (Phi) is 4.70. The summed E-state index contributed by atoms with van der Waals surface area (Å²) in [4.78, 5) is 41.8. The van der Waals surface area contributed by atoms with Crippen LogP contribution in [0.4, 0.5) is 0 Å². The van der Waals surface area contributed by atoms with Gasteiger partial charge in [0, 0.05) is 37.0 Å². The standard InChI is InChI=1S/C20H16N4O5S/c1-30(28,29)17-7-3-2-6-16(17)24-18-15(5-4-10-21-18)19(26)23(20(24)27)13-22-11-8-14(25)9-12-22/h2-12H,13H2,1H3. The summed E-state index contributed by atoms with van der Waals surface area (Å²) in [6.45, 7) is -0.163. The van der Waals surface area contributed by atoms with E-state index in [0.717, 1.165) is 15.4 Å². The van der Waals surface area contributed by atoms with Crippen molar-refractivity contribution in [2.24, 2.45) is 0 Å². The first-order valence-corrected chi connectivity index (χ1v) is 10.7. The Balaban J connectivity index is 2.09. The molecule has 30 heavy (non-hydrogen) atoms. The van der Waals surface area contributed by atoms with Crippen LogP contribution in [0.15, 0.2) is 86.4 Å². The van der Waals surface area contributed by atoms with E-state index in [2.05, 4.69) is 4.98 Å². The Morgan fingerprint density at radius 1 is 0.933 bits per heavy atom. The SMILES string of the molecule is CS(=O)(=O)c1ccccc1-n1c(=O)n(Cn2ccc(=O)cc2)c(=O)c2cccnc21. The second-order valence-corrected chi connectivity index (χ2v) is 8.64. The molecule has 0 radical (unpaired) electrons. The minimum absolute atomic E-state index is 0.0553. The lowest BCUT2D eigenvalue weighted by Crippen LogP contribution is -2.41. The van der Waals surface area contributed by atoms with Gasteiger partial charge in [-0.2, -0.15) is 0 Å². The highest BCUT2D eigenvalue weighted by Gasteiger charge is 2.20. The van der Waals surface area contributed by atoms with Gasteiger partial charge in [-0.15, -0.1) is 0 Å². The molecule has 3 aromatic heterocycles. The molecule has 0 amide bonds. The molecule has 1 aromatic carbocycles. The van der Waals surface area contributed by atoms with Crippen LogP contribution in [-0.2, 0) is 16.5 Å². The van der Waals surface area contributed by atoms with Gasteiger partial charge in [0.2, 0.25) is 0 Å². The molecule has 0 unspecified atom stereocenters. The summed E-state index contributed by atoms with van der Waals surface area (Å²) in [6, 6.07) is 11.7. The predicted octanol–water partition coefficient (Wildman–Crippen LogP) is 0.618. The van der Waals surface area contributed by atoms with E-state index in [-0.39, 0.29) is 33.7 Å². The minimum atomic E-state index is -3.67. The normalized spacial score (nSPS) is 11.6. The fourth-order valence-corrected chi connectivity index (χ4v) is 4.05. The molecule has 0 saturated carbocycles. The second-order valence-electron chi connectivity index (χ2n) is 6.66. The largest absolute Gasteiger partial charge is 0.338 e. The van der Waals surface area contributed by atoms with Crippen molar-refractivity contribution in [3.05, 3.63) is 98.2 Å². The van der Waals surface area contributed by atoms with Crippen molar-refractivity contribution in [3.8, 4) is 5.69 Å². The van der Waals surface area contributed by atoms with Crippen molar-refractivity contribution >= 4 is 20.9 Å². The third kappa shape index (κ3) is 3.37. The van der Waals surface area contributed by atoms with Crippen LogP contribution in [0.3, 0.4) is 0 Å². The van der Waals surface area contributed by atoms with Crippen molar-refractivity contribution < 1.29 is 8.42 Å². The van der Waals surface area contributed by atoms with E-state index >= 15 is 0 Å². The number of rotatable bonds is 4. The average Bonchev–Trinajstić information content (AvgIpc) is 2.72. The smallest absolute Gasteiger partial charge is 0.335 e. The highest BCUT2D eigenvalue weighted by atomic mass is 32.2. The quantitative estimate of drug-likeness (QED) is 0.475. The maximum atomic E-state index is 13.4. The van der Waals surface area contributed by atoms with Crippen LogP contribution in [0.2, 0.25) is 0 Å². The first kappa shape index (κ1) is 19.5. The van der Waals surface area contributed by atoms with Gasteiger partial charge in [0.1, 0.15) is 6.67 Å². The van der Waals surface area contributed by atoms with Crippen molar-refractivity contribution in [1.82, 2.24) is 18.7 Å². The van der Waals surface area contributed by atoms with Crippen molar-refractivity contribution in [1.29, 1.82) is 0 Å². The van der Waals surface area contributed by atoms with Gasteiger partial charge in [-0.25, -0.2) is 27.3 Å². The van der Waals surface area contributed by atoms with Crippen molar-refractivity contribution in [2.45, 2.75) is 11.6 Å². The number of para-hydroxylation sites is 1. The van der Waals surface area contributed by atoms with Crippen LogP contribution < -0.4 is 16.7 Å². The summed E-state index contributed by atoms with van der Waals surface area (Å²) < 4.78 is 28.2. The van der Waals surface area contributed by atoms with Gasteiger partial charge in [-0.05, 0) is 24.3 Å². The number of hydrogen-bond donors (Lipinski definition) is 0. The van der Waals surface area contributed by atoms with Crippen LogP contribution in [0.5, 0.6) is 0 Å². The first-order chi connectivity index (χ1) is 14.3. The Bertz CT molecular complexity index is 1540. The minimum Gasteiger partial charge on any atom is -0.335 e. The molecule has 4 rings (SSSR count). The van der Waals surface area contributed by atoms with Gasteiger partial charge >= 0.3 is 5.69 Å². The Labute approximate surface area is 170 Å². The molecule has 10 heteroatoms. The van der Waals surface area contributed by atoms with E-state index in [1.165, 1.54) is 53.5 Å². The number of hydrogen-bond acceptors (Lipinski definition) is 6. The highest BCUT2D eigenvalue weighted by Crippen LogP contribution is 2.20. The van der Waals surface area contributed by atoms with Crippen LogP contribution in [0, 0.1) is 0 Å². The summed E-state index contributed by atoms with van der Waals surface area (Å²) in [5, 5.41) is 0.154. The molecule has 9 nitrogen and oxygen atoms in total. The van der Waals surface area contributed by atoms with E-state index in [4.69, 9.17) is 0 Å². The average molecular weight is 424 g/mol. The first-order valence-electron chi connectivity index (χ1n) is 8.83. The van der Waals surface area contributed by atoms with Gasteiger partial charge in [0.15, 0.2) is 20.9 Å². The summed E-state index contributed by atoms with van der Waals surface area (Å²) in [5.41, 5.74) is -1.38. The molecule has 0 saturated heterocycles. The van der Waals surface area contributed by atoms with Crippen LogP contribution in [0.1, 0.15) is 0 Å². The number of pyridine rings is 2. The van der Waals surface area contributed by atoms with E-state index in [0.29, 0.717) is 0 Å². The van der Waals surface area contributed by atoms with Crippen molar-refractivity contribution in [3.63, 3.8) is 0 Å². The molecule has 0 aliphatic rings. The number of nitrogens with zero attached hydrogens (tertiary/aromatic N) is 4. The van der Waals surface area contributed by atoms with E-state index in [9.17, 15) is 22.8 Å². The van der Waals surface area contributed by atoms with Gasteiger partial charge in [0.05, 0.1) is 16.0 Å². The third-order valence-electron chi connectivity index (χ3n) is 4.57. The maximum Gasteiger partial charge on any atom is 0.338 e. The molecule has 0 aliphatic carbocycles. The molecule has 3 heterocycles. The fraction of sp³-hybridized carbons (Fsp3) is 0.100. The molecule has 0 aliphatic heterocycles. The van der Waals surface area contributed by atoms with E-state index in [1.807, 2.05) is 0 Å². The van der Waals surface area contributed by atoms with E-state index < -0.39 is 21.1 Å². The lowest BCUT2D eigenvalue weighted by Gasteiger charge is -2.16. The maximum absolute atomic E-state index is 13.4. The van der Waals surface area contributed by atoms with Gasteiger partial charge < -0.3 is 4.57 Å². The summed E-state index contributed by atoms with van der Waals surface area (Å²) in [5.74, 6) is 0. The topological polar surface area (TPSA) is 113 Å².